The Labute approximate surface area is 176 Å². The fourth-order valence-corrected chi connectivity index (χ4v) is 3.88. The van der Waals surface area contributed by atoms with Gasteiger partial charge < -0.3 is 5.11 Å². The molecule has 1 aliphatic heterocycles. The monoisotopic (exact) mass is 458 g/mol. The van der Waals surface area contributed by atoms with E-state index in [2.05, 4.69) is 21.2 Å². The molecule has 3 aromatic rings. The molecule has 1 heterocycles. The lowest BCUT2D eigenvalue weighted by molar-refractivity contribution is 0.411. The normalized spacial score (nSPS) is 19.3. The zero-order valence-corrected chi connectivity index (χ0v) is 17.1. The Balaban J connectivity index is 1.77. The summed E-state index contributed by atoms with van der Waals surface area (Å²) in [5.74, 6) is -0.106. The van der Waals surface area contributed by atoms with Gasteiger partial charge in [0.1, 0.15) is 17.7 Å². The molecule has 0 fully saturated rings. The standard InChI is InChI=1S/C22H17BrClFN2O/c23-15-6-9-21(28)18(11-15)20-12-19(13-4-7-16(24)8-5-13)26-22(27-20)14-2-1-3-17(25)10-14/h1-11,20,22,27-28H,12H2/t20-,22-/m0/s1. The van der Waals surface area contributed by atoms with Crippen LogP contribution >= 0.6 is 27.5 Å². The first-order valence-electron chi connectivity index (χ1n) is 8.82. The van der Waals surface area contributed by atoms with Crippen LogP contribution in [0.5, 0.6) is 5.75 Å². The third-order valence-corrected chi connectivity index (χ3v) is 5.49. The number of halogens is 3. The van der Waals surface area contributed by atoms with Crippen LogP contribution < -0.4 is 5.32 Å². The summed E-state index contributed by atoms with van der Waals surface area (Å²) in [4.78, 5) is 4.82. The number of rotatable bonds is 3. The highest BCUT2D eigenvalue weighted by molar-refractivity contribution is 9.10. The molecule has 0 unspecified atom stereocenters. The second-order valence-corrected chi connectivity index (χ2v) is 8.02. The molecule has 4 rings (SSSR count). The molecule has 6 heteroatoms. The second-order valence-electron chi connectivity index (χ2n) is 6.67. The van der Waals surface area contributed by atoms with E-state index in [0.717, 1.165) is 26.9 Å². The molecule has 2 N–H and O–H groups in total. The molecule has 0 aromatic heterocycles. The maximum Gasteiger partial charge on any atom is 0.126 e. The van der Waals surface area contributed by atoms with Crippen molar-refractivity contribution in [1.29, 1.82) is 0 Å². The molecule has 1 aliphatic rings. The lowest BCUT2D eigenvalue weighted by atomic mass is 9.93. The van der Waals surface area contributed by atoms with Crippen molar-refractivity contribution in [2.24, 2.45) is 4.99 Å². The number of phenolic OH excluding ortho intramolecular Hbond substituents is 1. The van der Waals surface area contributed by atoms with Crippen LogP contribution in [0.2, 0.25) is 5.02 Å². The van der Waals surface area contributed by atoms with Gasteiger partial charge in [0.2, 0.25) is 0 Å². The Morgan fingerprint density at radius 1 is 1.07 bits per heavy atom. The first-order chi connectivity index (χ1) is 13.5. The highest BCUT2D eigenvalue weighted by Gasteiger charge is 2.28. The third kappa shape index (κ3) is 4.12. The second kappa shape index (κ2) is 8.03. The fourth-order valence-electron chi connectivity index (χ4n) is 3.37. The molecule has 0 saturated heterocycles. The summed E-state index contributed by atoms with van der Waals surface area (Å²) in [6, 6.07) is 19.0. The number of aliphatic imine (C=N–C) groups is 1. The van der Waals surface area contributed by atoms with Crippen molar-refractivity contribution in [2.45, 2.75) is 18.6 Å². The minimum Gasteiger partial charge on any atom is -0.508 e. The van der Waals surface area contributed by atoms with E-state index in [-0.39, 0.29) is 17.6 Å². The van der Waals surface area contributed by atoms with Crippen LogP contribution in [0.15, 0.2) is 76.2 Å². The summed E-state index contributed by atoms with van der Waals surface area (Å²) in [6.45, 7) is 0. The van der Waals surface area contributed by atoms with Gasteiger partial charge in [0.25, 0.3) is 0 Å². The van der Waals surface area contributed by atoms with E-state index in [1.807, 2.05) is 36.4 Å². The molecule has 2 atom stereocenters. The van der Waals surface area contributed by atoms with Crippen molar-refractivity contribution in [3.05, 3.63) is 98.7 Å². The molecule has 0 radical (unpaired) electrons. The van der Waals surface area contributed by atoms with E-state index >= 15 is 0 Å². The smallest absolute Gasteiger partial charge is 0.126 e. The Bertz CT molecular complexity index is 1040. The van der Waals surface area contributed by atoms with E-state index < -0.39 is 6.17 Å². The van der Waals surface area contributed by atoms with E-state index in [1.165, 1.54) is 12.1 Å². The van der Waals surface area contributed by atoms with Gasteiger partial charge in [-0.1, -0.05) is 51.8 Å². The van der Waals surface area contributed by atoms with Crippen molar-refractivity contribution >= 4 is 33.2 Å². The minimum absolute atomic E-state index is 0.186. The fraction of sp³-hybridized carbons (Fsp3) is 0.136. The SMILES string of the molecule is Oc1ccc(Br)cc1[C@@H]1CC(c2ccc(Cl)cc2)=N[C@H](c2cccc(F)c2)N1. The summed E-state index contributed by atoms with van der Waals surface area (Å²) in [5.41, 5.74) is 3.31. The third-order valence-electron chi connectivity index (χ3n) is 4.75. The predicted molar refractivity (Wildman–Crippen MR) is 113 cm³/mol. The molecule has 3 nitrogen and oxygen atoms in total. The Hall–Kier alpha value is -2.21. The predicted octanol–water partition coefficient (Wildman–Crippen LogP) is 6.17. The highest BCUT2D eigenvalue weighted by atomic mass is 79.9. The average molecular weight is 460 g/mol. The Morgan fingerprint density at radius 3 is 2.61 bits per heavy atom. The van der Waals surface area contributed by atoms with Gasteiger partial charge in [-0.2, -0.15) is 0 Å². The molecule has 0 saturated carbocycles. The van der Waals surface area contributed by atoms with Crippen LogP contribution in [0.1, 0.15) is 35.3 Å². The zero-order valence-electron chi connectivity index (χ0n) is 14.7. The summed E-state index contributed by atoms with van der Waals surface area (Å²) < 4.78 is 14.7. The van der Waals surface area contributed by atoms with Gasteiger partial charge in [-0.25, -0.2) is 4.39 Å². The van der Waals surface area contributed by atoms with Crippen molar-refractivity contribution in [3.63, 3.8) is 0 Å². The number of nitrogens with zero attached hydrogens (tertiary/aromatic N) is 1. The molecular weight excluding hydrogens is 443 g/mol. The quantitative estimate of drug-likeness (QED) is 0.492. The number of phenols is 1. The summed E-state index contributed by atoms with van der Waals surface area (Å²) in [6.07, 6.45) is 0.149. The van der Waals surface area contributed by atoms with E-state index in [4.69, 9.17) is 16.6 Å². The maximum absolute atomic E-state index is 13.8. The first-order valence-corrected chi connectivity index (χ1v) is 9.99. The van der Waals surface area contributed by atoms with Gasteiger partial charge in [-0.3, -0.25) is 10.3 Å². The number of benzene rings is 3. The van der Waals surface area contributed by atoms with Crippen molar-refractivity contribution < 1.29 is 9.50 Å². The molecule has 142 valence electrons. The minimum atomic E-state index is -0.432. The van der Waals surface area contributed by atoms with Crippen molar-refractivity contribution in [1.82, 2.24) is 5.32 Å². The maximum atomic E-state index is 13.8. The van der Waals surface area contributed by atoms with Gasteiger partial charge in [0.15, 0.2) is 0 Å². The van der Waals surface area contributed by atoms with Crippen molar-refractivity contribution in [3.8, 4) is 5.75 Å². The van der Waals surface area contributed by atoms with Gasteiger partial charge in [-0.15, -0.1) is 0 Å². The number of hydrogen-bond acceptors (Lipinski definition) is 3. The van der Waals surface area contributed by atoms with Crippen LogP contribution in [-0.4, -0.2) is 10.8 Å². The molecule has 0 bridgehead atoms. The van der Waals surface area contributed by atoms with E-state index in [0.29, 0.717) is 11.4 Å². The van der Waals surface area contributed by atoms with Gasteiger partial charge >= 0.3 is 0 Å². The number of aromatic hydroxyl groups is 1. The van der Waals surface area contributed by atoms with Crippen LogP contribution in [0.4, 0.5) is 4.39 Å². The molecule has 0 spiro atoms. The van der Waals surface area contributed by atoms with Gasteiger partial charge in [-0.05, 0) is 53.6 Å². The Morgan fingerprint density at radius 2 is 1.86 bits per heavy atom. The van der Waals surface area contributed by atoms with Gasteiger partial charge in [0.05, 0.1) is 0 Å². The molecule has 3 aromatic carbocycles. The lowest BCUT2D eigenvalue weighted by Crippen LogP contribution is -2.33. The largest absolute Gasteiger partial charge is 0.508 e. The van der Waals surface area contributed by atoms with Gasteiger partial charge in [0, 0.05) is 33.2 Å². The number of nitrogens with one attached hydrogen (secondary N) is 1. The van der Waals surface area contributed by atoms with E-state index in [9.17, 15) is 9.50 Å². The topological polar surface area (TPSA) is 44.6 Å². The van der Waals surface area contributed by atoms with Crippen LogP contribution in [0.3, 0.4) is 0 Å². The first kappa shape index (κ1) is 19.1. The van der Waals surface area contributed by atoms with Crippen LogP contribution in [0, 0.1) is 5.82 Å². The highest BCUT2D eigenvalue weighted by Crippen LogP contribution is 2.36. The molecule has 28 heavy (non-hydrogen) atoms. The molecule has 0 aliphatic carbocycles. The number of hydrogen-bond donors (Lipinski definition) is 2. The summed E-state index contributed by atoms with van der Waals surface area (Å²) in [5, 5.41) is 14.5. The zero-order chi connectivity index (χ0) is 19.7. The summed E-state index contributed by atoms with van der Waals surface area (Å²) in [7, 11) is 0. The van der Waals surface area contributed by atoms with E-state index in [1.54, 1.807) is 18.2 Å². The van der Waals surface area contributed by atoms with Crippen molar-refractivity contribution in [2.75, 3.05) is 0 Å². The van der Waals surface area contributed by atoms with Crippen LogP contribution in [0.25, 0.3) is 0 Å². The summed E-state index contributed by atoms with van der Waals surface area (Å²) >= 11 is 9.49. The molecular formula is C22H17BrClFN2O. The average Bonchev–Trinajstić information content (AvgIpc) is 2.70. The lowest BCUT2D eigenvalue weighted by Gasteiger charge is -2.31. The Kier molecular flexibility index (Phi) is 5.49. The molecule has 0 amide bonds. The van der Waals surface area contributed by atoms with Crippen LogP contribution in [-0.2, 0) is 0 Å².